The van der Waals surface area contributed by atoms with Gasteiger partial charge in [0.05, 0.1) is 5.75 Å². The normalized spacial score (nSPS) is 10.6. The summed E-state index contributed by atoms with van der Waals surface area (Å²) in [5, 5.41) is 3.73. The zero-order valence-electron chi connectivity index (χ0n) is 13.6. The van der Waals surface area contributed by atoms with Crippen molar-refractivity contribution < 1.29 is 4.79 Å². The van der Waals surface area contributed by atoms with Gasteiger partial charge in [-0.05, 0) is 53.8 Å². The molecule has 0 bridgehead atoms. The zero-order valence-corrected chi connectivity index (χ0v) is 15.1. The summed E-state index contributed by atoms with van der Waals surface area (Å²) in [5.74, 6) is 0.463. The number of amides is 1. The van der Waals surface area contributed by atoms with Crippen LogP contribution in [0.1, 0.15) is 30.5 Å². The first-order valence-electron chi connectivity index (χ1n) is 7.88. The Morgan fingerprint density at radius 1 is 1.04 bits per heavy atom. The summed E-state index contributed by atoms with van der Waals surface area (Å²) < 4.78 is 0. The highest BCUT2D eigenvalue weighted by molar-refractivity contribution is 8.00. The van der Waals surface area contributed by atoms with E-state index in [0.717, 1.165) is 17.7 Å². The van der Waals surface area contributed by atoms with Crippen LogP contribution in [0.15, 0.2) is 47.4 Å². The number of hydrogen-bond acceptors (Lipinski definition) is 2. The first-order valence-corrected chi connectivity index (χ1v) is 9.24. The SMILES string of the molecule is CCc1ccc(CC)c(CNC(=O)CSc2ccc(Cl)cc2)c1. The van der Waals surface area contributed by atoms with Crippen molar-refractivity contribution in [3.63, 3.8) is 0 Å². The lowest BCUT2D eigenvalue weighted by atomic mass is 10.0. The molecule has 0 atom stereocenters. The van der Waals surface area contributed by atoms with E-state index < -0.39 is 0 Å². The molecule has 0 aliphatic heterocycles. The lowest BCUT2D eigenvalue weighted by Crippen LogP contribution is -2.25. The molecule has 0 aromatic heterocycles. The molecule has 0 heterocycles. The summed E-state index contributed by atoms with van der Waals surface area (Å²) in [5.41, 5.74) is 3.83. The molecule has 2 nitrogen and oxygen atoms in total. The highest BCUT2D eigenvalue weighted by atomic mass is 35.5. The van der Waals surface area contributed by atoms with E-state index in [1.54, 1.807) is 0 Å². The molecule has 23 heavy (non-hydrogen) atoms. The van der Waals surface area contributed by atoms with E-state index >= 15 is 0 Å². The van der Waals surface area contributed by atoms with Gasteiger partial charge in [-0.15, -0.1) is 11.8 Å². The van der Waals surface area contributed by atoms with E-state index in [2.05, 4.69) is 37.4 Å². The van der Waals surface area contributed by atoms with Gasteiger partial charge in [0.25, 0.3) is 0 Å². The van der Waals surface area contributed by atoms with Gasteiger partial charge in [0.2, 0.25) is 5.91 Å². The number of aryl methyl sites for hydroxylation is 2. The van der Waals surface area contributed by atoms with Crippen LogP contribution in [0.2, 0.25) is 5.02 Å². The van der Waals surface area contributed by atoms with Gasteiger partial charge < -0.3 is 5.32 Å². The Kier molecular flexibility index (Phi) is 7.00. The third-order valence-corrected chi connectivity index (χ3v) is 4.98. The van der Waals surface area contributed by atoms with Crippen LogP contribution in [0.3, 0.4) is 0 Å². The summed E-state index contributed by atoms with van der Waals surface area (Å²) in [4.78, 5) is 13.1. The van der Waals surface area contributed by atoms with Gasteiger partial charge in [0, 0.05) is 16.5 Å². The number of carbonyl (C=O) groups is 1. The topological polar surface area (TPSA) is 29.1 Å². The Morgan fingerprint density at radius 2 is 1.78 bits per heavy atom. The molecule has 2 rings (SSSR count). The van der Waals surface area contributed by atoms with Crippen molar-refractivity contribution in [3.05, 3.63) is 64.2 Å². The molecule has 1 N–H and O–H groups in total. The smallest absolute Gasteiger partial charge is 0.230 e. The Labute approximate surface area is 147 Å². The van der Waals surface area contributed by atoms with Crippen molar-refractivity contribution >= 4 is 29.3 Å². The first kappa shape index (κ1) is 17.9. The molecule has 0 aliphatic rings. The quantitative estimate of drug-likeness (QED) is 0.724. The van der Waals surface area contributed by atoms with Crippen molar-refractivity contribution in [1.29, 1.82) is 0 Å². The standard InChI is InChI=1S/C19H22ClNOS/c1-3-14-5-6-15(4-2)16(11-14)12-21-19(22)13-23-18-9-7-17(20)8-10-18/h5-11H,3-4,12-13H2,1-2H3,(H,21,22). The zero-order chi connectivity index (χ0) is 16.7. The van der Waals surface area contributed by atoms with Crippen LogP contribution in [-0.2, 0) is 24.2 Å². The average Bonchev–Trinajstić information content (AvgIpc) is 2.59. The second-order valence-electron chi connectivity index (χ2n) is 5.33. The third-order valence-electron chi connectivity index (χ3n) is 3.72. The average molecular weight is 348 g/mol. The van der Waals surface area contributed by atoms with Gasteiger partial charge in [0.1, 0.15) is 0 Å². The fourth-order valence-electron chi connectivity index (χ4n) is 2.33. The molecule has 1 amide bonds. The number of thioether (sulfide) groups is 1. The molecule has 4 heteroatoms. The number of halogens is 1. The Hall–Kier alpha value is -1.45. The van der Waals surface area contributed by atoms with Crippen molar-refractivity contribution in [2.24, 2.45) is 0 Å². The van der Waals surface area contributed by atoms with Crippen LogP contribution in [0.5, 0.6) is 0 Å². The number of rotatable bonds is 7. The summed E-state index contributed by atoms with van der Waals surface area (Å²) in [7, 11) is 0. The van der Waals surface area contributed by atoms with E-state index in [1.165, 1.54) is 28.5 Å². The summed E-state index contributed by atoms with van der Waals surface area (Å²) in [6.45, 7) is 4.88. The van der Waals surface area contributed by atoms with E-state index in [9.17, 15) is 4.79 Å². The maximum atomic E-state index is 12.1. The van der Waals surface area contributed by atoms with Crippen LogP contribution in [0.25, 0.3) is 0 Å². The molecule has 122 valence electrons. The van der Waals surface area contributed by atoms with Crippen molar-refractivity contribution in [2.75, 3.05) is 5.75 Å². The first-order chi connectivity index (χ1) is 11.1. The van der Waals surface area contributed by atoms with Crippen molar-refractivity contribution in [2.45, 2.75) is 38.1 Å². The fourth-order valence-corrected chi connectivity index (χ4v) is 3.19. The predicted octanol–water partition coefficient (Wildman–Crippen LogP) is 4.87. The monoisotopic (exact) mass is 347 g/mol. The molecule has 0 radical (unpaired) electrons. The fraction of sp³-hybridized carbons (Fsp3) is 0.316. The van der Waals surface area contributed by atoms with E-state index in [-0.39, 0.29) is 5.91 Å². The van der Waals surface area contributed by atoms with Crippen LogP contribution >= 0.6 is 23.4 Å². The van der Waals surface area contributed by atoms with Crippen LogP contribution in [-0.4, -0.2) is 11.7 Å². The van der Waals surface area contributed by atoms with Crippen LogP contribution < -0.4 is 5.32 Å². The molecule has 0 aliphatic carbocycles. The maximum absolute atomic E-state index is 12.1. The molecular formula is C19H22ClNOS. The van der Waals surface area contributed by atoms with Crippen LogP contribution in [0, 0.1) is 0 Å². The lowest BCUT2D eigenvalue weighted by molar-refractivity contribution is -0.118. The van der Waals surface area contributed by atoms with Gasteiger partial charge >= 0.3 is 0 Å². The van der Waals surface area contributed by atoms with E-state index in [4.69, 9.17) is 11.6 Å². The molecule has 0 saturated heterocycles. The molecule has 0 unspecified atom stereocenters. The van der Waals surface area contributed by atoms with Crippen molar-refractivity contribution in [1.82, 2.24) is 5.32 Å². The largest absolute Gasteiger partial charge is 0.351 e. The Bertz CT molecular complexity index is 655. The number of carbonyl (C=O) groups excluding carboxylic acids is 1. The maximum Gasteiger partial charge on any atom is 0.230 e. The highest BCUT2D eigenvalue weighted by Gasteiger charge is 2.06. The minimum Gasteiger partial charge on any atom is -0.351 e. The summed E-state index contributed by atoms with van der Waals surface area (Å²) in [6, 6.07) is 14.1. The second-order valence-corrected chi connectivity index (χ2v) is 6.81. The van der Waals surface area contributed by atoms with Crippen LogP contribution in [0.4, 0.5) is 0 Å². The van der Waals surface area contributed by atoms with Crippen molar-refractivity contribution in [3.8, 4) is 0 Å². The number of nitrogens with one attached hydrogen (secondary N) is 1. The number of benzene rings is 2. The third kappa shape index (κ3) is 5.60. The van der Waals surface area contributed by atoms with Gasteiger partial charge in [0.15, 0.2) is 0 Å². The lowest BCUT2D eigenvalue weighted by Gasteiger charge is -2.11. The highest BCUT2D eigenvalue weighted by Crippen LogP contribution is 2.20. The van der Waals surface area contributed by atoms with Gasteiger partial charge in [-0.2, -0.15) is 0 Å². The van der Waals surface area contributed by atoms with Gasteiger partial charge in [-0.25, -0.2) is 0 Å². The summed E-state index contributed by atoms with van der Waals surface area (Å²) >= 11 is 7.38. The molecular weight excluding hydrogens is 326 g/mol. The molecule has 0 fully saturated rings. The Balaban J connectivity index is 1.87. The van der Waals surface area contributed by atoms with Gasteiger partial charge in [-0.3, -0.25) is 4.79 Å². The predicted molar refractivity (Wildman–Crippen MR) is 99.2 cm³/mol. The van der Waals surface area contributed by atoms with E-state index in [0.29, 0.717) is 17.3 Å². The molecule has 2 aromatic rings. The number of hydrogen-bond donors (Lipinski definition) is 1. The minimum absolute atomic E-state index is 0.0499. The minimum atomic E-state index is 0.0499. The van der Waals surface area contributed by atoms with E-state index in [1.807, 2.05) is 24.3 Å². The molecule has 0 spiro atoms. The molecule has 2 aromatic carbocycles. The molecule has 0 saturated carbocycles. The summed E-state index contributed by atoms with van der Waals surface area (Å²) in [6.07, 6.45) is 1.99. The Morgan fingerprint density at radius 3 is 2.43 bits per heavy atom. The van der Waals surface area contributed by atoms with Gasteiger partial charge in [-0.1, -0.05) is 43.6 Å². The second kappa shape index (κ2) is 8.99.